The Kier molecular flexibility index (Phi) is 4.36. The zero-order chi connectivity index (χ0) is 18.1. The van der Waals surface area contributed by atoms with E-state index in [4.69, 9.17) is 4.98 Å². The second kappa shape index (κ2) is 6.81. The quantitative estimate of drug-likeness (QED) is 0.705. The standard InChI is InChI=1S/C21H22N4O/c1-2-25-9-7-15(8-10-25)23-21-16-5-3-4-6-18(16)24-19-11-14(13-22)20(26)12-17(19)21/h3-6,11-12,15,26H,2,7-10H2,1H3,(H,23,24). The number of pyridine rings is 1. The third-order valence-electron chi connectivity index (χ3n) is 5.30. The zero-order valence-electron chi connectivity index (χ0n) is 14.9. The van der Waals surface area contributed by atoms with Gasteiger partial charge < -0.3 is 15.3 Å². The van der Waals surface area contributed by atoms with E-state index < -0.39 is 0 Å². The molecule has 0 spiro atoms. The summed E-state index contributed by atoms with van der Waals surface area (Å²) in [7, 11) is 0. The number of benzene rings is 2. The third kappa shape index (κ3) is 2.93. The number of anilines is 1. The van der Waals surface area contributed by atoms with Gasteiger partial charge in [-0.05, 0) is 37.6 Å². The van der Waals surface area contributed by atoms with E-state index in [0.717, 1.165) is 60.0 Å². The predicted molar refractivity (Wildman–Crippen MR) is 104 cm³/mol. The summed E-state index contributed by atoms with van der Waals surface area (Å²) in [6, 6.07) is 13.8. The van der Waals surface area contributed by atoms with E-state index in [2.05, 4.69) is 23.2 Å². The van der Waals surface area contributed by atoms with Crippen molar-refractivity contribution in [2.75, 3.05) is 25.0 Å². The number of piperidine rings is 1. The van der Waals surface area contributed by atoms with Crippen molar-refractivity contribution < 1.29 is 5.11 Å². The number of aromatic hydroxyl groups is 1. The molecule has 5 nitrogen and oxygen atoms in total. The Bertz CT molecular complexity index is 1000. The van der Waals surface area contributed by atoms with Gasteiger partial charge in [0, 0.05) is 29.9 Å². The highest BCUT2D eigenvalue weighted by Gasteiger charge is 2.20. The first-order valence-electron chi connectivity index (χ1n) is 9.14. The number of fused-ring (bicyclic) bond motifs is 2. The fraction of sp³-hybridized carbons (Fsp3) is 0.333. The molecule has 0 saturated carbocycles. The lowest BCUT2D eigenvalue weighted by molar-refractivity contribution is 0.230. The van der Waals surface area contributed by atoms with Gasteiger partial charge in [0.15, 0.2) is 0 Å². The lowest BCUT2D eigenvalue weighted by Crippen LogP contribution is -2.38. The fourth-order valence-electron chi connectivity index (χ4n) is 3.77. The van der Waals surface area contributed by atoms with Crippen molar-refractivity contribution in [2.24, 2.45) is 0 Å². The van der Waals surface area contributed by atoms with Crippen LogP contribution in [-0.4, -0.2) is 40.7 Å². The minimum absolute atomic E-state index is 0.000864. The van der Waals surface area contributed by atoms with Crippen LogP contribution < -0.4 is 5.32 Å². The number of nitrogens with zero attached hydrogens (tertiary/aromatic N) is 3. The number of phenols is 1. The maximum atomic E-state index is 10.2. The third-order valence-corrected chi connectivity index (χ3v) is 5.30. The van der Waals surface area contributed by atoms with Crippen LogP contribution in [0.5, 0.6) is 5.75 Å². The van der Waals surface area contributed by atoms with Crippen LogP contribution in [-0.2, 0) is 0 Å². The molecule has 3 aromatic rings. The number of likely N-dealkylation sites (tertiary alicyclic amines) is 1. The number of hydrogen-bond acceptors (Lipinski definition) is 5. The first kappa shape index (κ1) is 16.6. The maximum absolute atomic E-state index is 10.2. The summed E-state index contributed by atoms with van der Waals surface area (Å²) in [5, 5.41) is 25.0. The number of aromatic nitrogens is 1. The molecular weight excluding hydrogens is 324 g/mol. The molecule has 132 valence electrons. The molecule has 0 radical (unpaired) electrons. The van der Waals surface area contributed by atoms with Crippen LogP contribution in [0.15, 0.2) is 36.4 Å². The van der Waals surface area contributed by atoms with Crippen LogP contribution in [0.2, 0.25) is 0 Å². The molecule has 0 aliphatic carbocycles. The summed E-state index contributed by atoms with van der Waals surface area (Å²) in [4.78, 5) is 7.16. The highest BCUT2D eigenvalue weighted by molar-refractivity contribution is 6.08. The van der Waals surface area contributed by atoms with Gasteiger partial charge in [0.2, 0.25) is 0 Å². The monoisotopic (exact) mass is 346 g/mol. The van der Waals surface area contributed by atoms with Gasteiger partial charge in [0.1, 0.15) is 11.8 Å². The molecule has 0 bridgehead atoms. The molecule has 5 heteroatoms. The van der Waals surface area contributed by atoms with Gasteiger partial charge in [-0.3, -0.25) is 0 Å². The van der Waals surface area contributed by atoms with Gasteiger partial charge in [0.05, 0.1) is 22.3 Å². The number of hydrogen-bond donors (Lipinski definition) is 2. The van der Waals surface area contributed by atoms with Crippen LogP contribution in [0.25, 0.3) is 21.8 Å². The Morgan fingerprint density at radius 1 is 1.19 bits per heavy atom. The minimum atomic E-state index is 0.000864. The van der Waals surface area contributed by atoms with Crippen molar-refractivity contribution in [1.82, 2.24) is 9.88 Å². The van der Waals surface area contributed by atoms with E-state index >= 15 is 0 Å². The fourth-order valence-corrected chi connectivity index (χ4v) is 3.77. The molecular formula is C21H22N4O. The number of nitrogens with one attached hydrogen (secondary N) is 1. The summed E-state index contributed by atoms with van der Waals surface area (Å²) in [5.74, 6) is 0.000864. The number of rotatable bonds is 3. The van der Waals surface area contributed by atoms with Crippen LogP contribution in [0.1, 0.15) is 25.3 Å². The van der Waals surface area contributed by atoms with E-state index in [0.29, 0.717) is 6.04 Å². The Labute approximate surface area is 152 Å². The highest BCUT2D eigenvalue weighted by atomic mass is 16.3. The van der Waals surface area contributed by atoms with E-state index in [-0.39, 0.29) is 11.3 Å². The summed E-state index contributed by atoms with van der Waals surface area (Å²) in [6.07, 6.45) is 2.18. The van der Waals surface area contributed by atoms with Gasteiger partial charge >= 0.3 is 0 Å². The molecule has 26 heavy (non-hydrogen) atoms. The molecule has 1 saturated heterocycles. The van der Waals surface area contributed by atoms with Gasteiger partial charge in [-0.25, -0.2) is 4.98 Å². The summed E-state index contributed by atoms with van der Waals surface area (Å²) >= 11 is 0. The lowest BCUT2D eigenvalue weighted by atomic mass is 10.0. The van der Waals surface area contributed by atoms with Gasteiger partial charge in [-0.15, -0.1) is 0 Å². The van der Waals surface area contributed by atoms with Crippen molar-refractivity contribution in [3.05, 3.63) is 42.0 Å². The van der Waals surface area contributed by atoms with Crippen molar-refractivity contribution in [2.45, 2.75) is 25.8 Å². The van der Waals surface area contributed by atoms with E-state index in [9.17, 15) is 10.4 Å². The van der Waals surface area contributed by atoms with Crippen LogP contribution in [0.4, 0.5) is 5.69 Å². The molecule has 0 unspecified atom stereocenters. The normalized spacial score (nSPS) is 16.0. The average molecular weight is 346 g/mol. The van der Waals surface area contributed by atoms with Crippen molar-refractivity contribution in [3.63, 3.8) is 0 Å². The predicted octanol–water partition coefficient (Wildman–Crippen LogP) is 3.86. The molecule has 1 fully saturated rings. The Hall–Kier alpha value is -2.84. The molecule has 1 aliphatic heterocycles. The van der Waals surface area contributed by atoms with E-state index in [1.54, 1.807) is 12.1 Å². The maximum Gasteiger partial charge on any atom is 0.134 e. The van der Waals surface area contributed by atoms with Gasteiger partial charge in [0.25, 0.3) is 0 Å². The zero-order valence-corrected chi connectivity index (χ0v) is 14.9. The smallest absolute Gasteiger partial charge is 0.134 e. The Morgan fingerprint density at radius 3 is 2.69 bits per heavy atom. The van der Waals surface area contributed by atoms with Gasteiger partial charge in [-0.1, -0.05) is 25.1 Å². The second-order valence-corrected chi connectivity index (χ2v) is 6.86. The van der Waals surface area contributed by atoms with Gasteiger partial charge in [-0.2, -0.15) is 5.26 Å². The first-order chi connectivity index (χ1) is 12.7. The van der Waals surface area contributed by atoms with Crippen molar-refractivity contribution in [1.29, 1.82) is 5.26 Å². The largest absolute Gasteiger partial charge is 0.507 e. The molecule has 2 heterocycles. The molecule has 4 rings (SSSR count). The summed E-state index contributed by atoms with van der Waals surface area (Å²) in [5.41, 5.74) is 2.87. The molecule has 1 aromatic heterocycles. The van der Waals surface area contributed by atoms with Crippen LogP contribution >= 0.6 is 0 Å². The number of para-hydroxylation sites is 1. The summed E-state index contributed by atoms with van der Waals surface area (Å²) in [6.45, 7) is 5.49. The van der Waals surface area contributed by atoms with Crippen LogP contribution in [0.3, 0.4) is 0 Å². The second-order valence-electron chi connectivity index (χ2n) is 6.86. The number of phenolic OH excluding ortho intramolecular Hbond substituents is 1. The number of nitriles is 1. The Balaban J connectivity index is 1.82. The van der Waals surface area contributed by atoms with Crippen molar-refractivity contribution in [3.8, 4) is 11.8 Å². The van der Waals surface area contributed by atoms with E-state index in [1.807, 2.05) is 24.3 Å². The molecule has 2 aromatic carbocycles. The molecule has 0 atom stereocenters. The molecule has 2 N–H and O–H groups in total. The minimum Gasteiger partial charge on any atom is -0.507 e. The summed E-state index contributed by atoms with van der Waals surface area (Å²) < 4.78 is 0. The molecule has 0 amide bonds. The van der Waals surface area contributed by atoms with Crippen molar-refractivity contribution >= 4 is 27.5 Å². The SMILES string of the molecule is CCN1CCC(Nc2c3ccccc3nc3cc(C#N)c(O)cc23)CC1. The van der Waals surface area contributed by atoms with E-state index in [1.165, 1.54) is 0 Å². The topological polar surface area (TPSA) is 72.2 Å². The highest BCUT2D eigenvalue weighted by Crippen LogP contribution is 2.35. The van der Waals surface area contributed by atoms with Crippen LogP contribution in [0, 0.1) is 11.3 Å². The Morgan fingerprint density at radius 2 is 1.96 bits per heavy atom. The first-order valence-corrected chi connectivity index (χ1v) is 9.14. The average Bonchev–Trinajstić information content (AvgIpc) is 2.68. The lowest BCUT2D eigenvalue weighted by Gasteiger charge is -2.32. The molecule has 1 aliphatic rings.